The van der Waals surface area contributed by atoms with Crippen LogP contribution < -0.4 is 5.32 Å². The fourth-order valence-corrected chi connectivity index (χ4v) is 1.83. The maximum atomic E-state index is 7.48. The van der Waals surface area contributed by atoms with E-state index in [-0.39, 0.29) is 0 Å². The molecule has 0 aliphatic heterocycles. The monoisotopic (exact) mass is 274 g/mol. The second kappa shape index (κ2) is 6.29. The molecular formula is C14H15ClN4. The van der Waals surface area contributed by atoms with Crippen molar-refractivity contribution in [1.29, 1.82) is 5.41 Å². The molecule has 2 rings (SSSR count). The van der Waals surface area contributed by atoms with E-state index in [1.54, 1.807) is 12.3 Å². The zero-order valence-corrected chi connectivity index (χ0v) is 11.4. The second-order valence-corrected chi connectivity index (χ2v) is 4.48. The SMILES string of the molecule is CCCN/C=C(\C=N)c1cnc2ccc(Cl)nc2c1. The van der Waals surface area contributed by atoms with Gasteiger partial charge in [0.05, 0.1) is 11.0 Å². The van der Waals surface area contributed by atoms with E-state index < -0.39 is 0 Å². The maximum Gasteiger partial charge on any atom is 0.129 e. The lowest BCUT2D eigenvalue weighted by Gasteiger charge is -2.05. The first-order valence-corrected chi connectivity index (χ1v) is 6.49. The number of allylic oxidation sites excluding steroid dienone is 1. The fraction of sp³-hybridized carbons (Fsp3) is 0.214. The third-order valence-electron chi connectivity index (χ3n) is 2.64. The normalized spacial score (nSPS) is 11.6. The smallest absolute Gasteiger partial charge is 0.129 e. The first-order chi connectivity index (χ1) is 9.24. The molecule has 0 saturated carbocycles. The van der Waals surface area contributed by atoms with Crippen LogP contribution in [0.1, 0.15) is 18.9 Å². The summed E-state index contributed by atoms with van der Waals surface area (Å²) in [4.78, 5) is 8.56. The lowest BCUT2D eigenvalue weighted by atomic mass is 10.1. The first-order valence-electron chi connectivity index (χ1n) is 6.11. The van der Waals surface area contributed by atoms with Gasteiger partial charge in [-0.15, -0.1) is 0 Å². The van der Waals surface area contributed by atoms with E-state index in [4.69, 9.17) is 17.0 Å². The molecule has 19 heavy (non-hydrogen) atoms. The minimum absolute atomic E-state index is 0.441. The van der Waals surface area contributed by atoms with Gasteiger partial charge in [0.15, 0.2) is 0 Å². The van der Waals surface area contributed by atoms with Crippen LogP contribution in [0.4, 0.5) is 0 Å². The molecule has 4 nitrogen and oxygen atoms in total. The molecule has 2 aromatic rings. The highest BCUT2D eigenvalue weighted by atomic mass is 35.5. The van der Waals surface area contributed by atoms with Gasteiger partial charge >= 0.3 is 0 Å². The van der Waals surface area contributed by atoms with Gasteiger partial charge in [-0.05, 0) is 24.6 Å². The Labute approximate surface area is 117 Å². The van der Waals surface area contributed by atoms with E-state index in [0.29, 0.717) is 5.15 Å². The molecule has 0 bridgehead atoms. The van der Waals surface area contributed by atoms with E-state index in [2.05, 4.69) is 22.2 Å². The van der Waals surface area contributed by atoms with E-state index >= 15 is 0 Å². The van der Waals surface area contributed by atoms with Crippen LogP contribution in [0.3, 0.4) is 0 Å². The molecule has 0 aliphatic rings. The molecular weight excluding hydrogens is 260 g/mol. The van der Waals surface area contributed by atoms with E-state index in [1.165, 1.54) is 6.21 Å². The highest BCUT2D eigenvalue weighted by Crippen LogP contribution is 2.18. The third kappa shape index (κ3) is 3.29. The largest absolute Gasteiger partial charge is 0.390 e. The molecule has 2 heterocycles. The van der Waals surface area contributed by atoms with Crippen LogP contribution in [0.25, 0.3) is 16.6 Å². The molecule has 2 N–H and O–H groups in total. The van der Waals surface area contributed by atoms with Crippen molar-refractivity contribution in [2.45, 2.75) is 13.3 Å². The second-order valence-electron chi connectivity index (χ2n) is 4.09. The van der Waals surface area contributed by atoms with Crippen LogP contribution in [-0.2, 0) is 0 Å². The summed E-state index contributed by atoms with van der Waals surface area (Å²) in [5.74, 6) is 0. The minimum Gasteiger partial charge on any atom is -0.390 e. The predicted molar refractivity (Wildman–Crippen MR) is 79.6 cm³/mol. The number of hydrogen-bond donors (Lipinski definition) is 2. The molecule has 5 heteroatoms. The van der Waals surface area contributed by atoms with Gasteiger partial charge in [0, 0.05) is 36.3 Å². The zero-order chi connectivity index (χ0) is 13.7. The first kappa shape index (κ1) is 13.5. The fourth-order valence-electron chi connectivity index (χ4n) is 1.67. The Kier molecular flexibility index (Phi) is 4.47. The standard InChI is InChI=1S/C14H15ClN4/c1-2-5-17-8-11(7-16)10-6-13-12(18-9-10)3-4-14(15)19-13/h3-4,6-9,16-17H,2,5H2,1H3/b11-8+,16-7?. The number of hydrogen-bond acceptors (Lipinski definition) is 4. The Morgan fingerprint density at radius 1 is 1.42 bits per heavy atom. The van der Waals surface area contributed by atoms with Crippen LogP contribution >= 0.6 is 11.6 Å². The van der Waals surface area contributed by atoms with Crippen molar-refractivity contribution in [3.05, 3.63) is 41.3 Å². The lowest BCUT2D eigenvalue weighted by molar-refractivity contribution is 0.811. The molecule has 0 fully saturated rings. The van der Waals surface area contributed by atoms with Crippen molar-refractivity contribution < 1.29 is 0 Å². The summed E-state index contributed by atoms with van der Waals surface area (Å²) in [5.41, 5.74) is 3.14. The van der Waals surface area contributed by atoms with Gasteiger partial charge in [-0.3, -0.25) is 4.98 Å². The molecule has 0 unspecified atom stereocenters. The number of aromatic nitrogens is 2. The molecule has 0 atom stereocenters. The summed E-state index contributed by atoms with van der Waals surface area (Å²) >= 11 is 5.88. The summed E-state index contributed by atoms with van der Waals surface area (Å²) in [6.45, 7) is 2.97. The van der Waals surface area contributed by atoms with Gasteiger partial charge in [-0.25, -0.2) is 4.98 Å². The van der Waals surface area contributed by atoms with E-state index in [9.17, 15) is 0 Å². The van der Waals surface area contributed by atoms with Crippen molar-refractivity contribution in [2.24, 2.45) is 0 Å². The van der Waals surface area contributed by atoms with E-state index in [1.807, 2.05) is 18.3 Å². The summed E-state index contributed by atoms with van der Waals surface area (Å²) < 4.78 is 0. The van der Waals surface area contributed by atoms with Crippen LogP contribution in [0, 0.1) is 5.41 Å². The molecule has 98 valence electrons. The van der Waals surface area contributed by atoms with Crippen LogP contribution in [0.2, 0.25) is 5.15 Å². The maximum absolute atomic E-state index is 7.48. The van der Waals surface area contributed by atoms with E-state index in [0.717, 1.165) is 35.1 Å². The summed E-state index contributed by atoms with van der Waals surface area (Å²) in [6.07, 6.45) is 5.90. The third-order valence-corrected chi connectivity index (χ3v) is 2.85. The predicted octanol–water partition coefficient (Wildman–Crippen LogP) is 3.27. The van der Waals surface area contributed by atoms with Crippen LogP contribution in [0.5, 0.6) is 0 Å². The van der Waals surface area contributed by atoms with Crippen molar-refractivity contribution in [3.63, 3.8) is 0 Å². The zero-order valence-electron chi connectivity index (χ0n) is 10.7. The number of rotatable bonds is 5. The van der Waals surface area contributed by atoms with Crippen LogP contribution in [-0.4, -0.2) is 22.7 Å². The Hall–Kier alpha value is -1.94. The topological polar surface area (TPSA) is 61.7 Å². The Morgan fingerprint density at radius 3 is 3.00 bits per heavy atom. The molecule has 0 amide bonds. The number of halogens is 1. The van der Waals surface area contributed by atoms with Crippen molar-refractivity contribution in [1.82, 2.24) is 15.3 Å². The van der Waals surface area contributed by atoms with Crippen molar-refractivity contribution in [2.75, 3.05) is 6.54 Å². The Morgan fingerprint density at radius 2 is 2.26 bits per heavy atom. The number of pyridine rings is 2. The van der Waals surface area contributed by atoms with Crippen LogP contribution in [0.15, 0.2) is 30.6 Å². The van der Waals surface area contributed by atoms with Crippen molar-refractivity contribution >= 4 is 34.4 Å². The molecule has 0 radical (unpaired) electrons. The molecule has 0 spiro atoms. The Balaban J connectivity index is 2.37. The Bertz CT molecular complexity index is 622. The van der Waals surface area contributed by atoms with Gasteiger partial charge in [-0.2, -0.15) is 0 Å². The van der Waals surface area contributed by atoms with Crippen molar-refractivity contribution in [3.8, 4) is 0 Å². The summed E-state index contributed by atoms with van der Waals surface area (Å²) in [5, 5.41) is 11.1. The quantitative estimate of drug-likeness (QED) is 0.500. The van der Waals surface area contributed by atoms with Gasteiger partial charge in [-0.1, -0.05) is 18.5 Å². The summed E-state index contributed by atoms with van der Waals surface area (Å²) in [7, 11) is 0. The molecule has 0 aliphatic carbocycles. The summed E-state index contributed by atoms with van der Waals surface area (Å²) in [6, 6.07) is 5.43. The molecule has 2 aromatic heterocycles. The average molecular weight is 275 g/mol. The lowest BCUT2D eigenvalue weighted by Crippen LogP contribution is -2.07. The average Bonchev–Trinajstić information content (AvgIpc) is 2.43. The number of nitrogens with zero attached hydrogens (tertiary/aromatic N) is 2. The minimum atomic E-state index is 0.441. The van der Waals surface area contributed by atoms with Gasteiger partial charge in [0.1, 0.15) is 5.15 Å². The number of nitrogens with one attached hydrogen (secondary N) is 2. The number of fused-ring (bicyclic) bond motifs is 1. The highest BCUT2D eigenvalue weighted by molar-refractivity contribution is 6.29. The molecule has 0 saturated heterocycles. The van der Waals surface area contributed by atoms with Gasteiger partial charge in [0.2, 0.25) is 0 Å². The van der Waals surface area contributed by atoms with Gasteiger partial charge < -0.3 is 10.7 Å². The van der Waals surface area contributed by atoms with Gasteiger partial charge in [0.25, 0.3) is 0 Å². The molecule has 0 aromatic carbocycles. The highest BCUT2D eigenvalue weighted by Gasteiger charge is 2.03.